The summed E-state index contributed by atoms with van der Waals surface area (Å²) in [6.07, 6.45) is 0. The maximum absolute atomic E-state index is 12.4. The number of hydrogen-bond acceptors (Lipinski definition) is 5. The van der Waals surface area contributed by atoms with Crippen molar-refractivity contribution in [3.63, 3.8) is 0 Å². The lowest BCUT2D eigenvalue weighted by molar-refractivity contribution is 0.0564. The lowest BCUT2D eigenvalue weighted by Gasteiger charge is -2.27. The zero-order valence-corrected chi connectivity index (χ0v) is 14.6. The zero-order chi connectivity index (χ0) is 17.4. The molecular formula is C17H26N2O5. The first-order chi connectivity index (χ1) is 11.7. The Balaban J connectivity index is 2.23. The summed E-state index contributed by atoms with van der Waals surface area (Å²) >= 11 is 0. The lowest BCUT2D eigenvalue weighted by atomic mass is 10.2. The van der Waals surface area contributed by atoms with Crippen LogP contribution in [0.4, 0.5) is 10.5 Å². The first-order valence-electron chi connectivity index (χ1n) is 8.39. The molecule has 0 aromatic heterocycles. The molecule has 0 bridgehead atoms. The van der Waals surface area contributed by atoms with Crippen LogP contribution in [0.15, 0.2) is 12.1 Å². The van der Waals surface area contributed by atoms with Crippen LogP contribution < -0.4 is 19.5 Å². The molecular weight excluding hydrogens is 312 g/mol. The summed E-state index contributed by atoms with van der Waals surface area (Å²) in [4.78, 5) is 14.1. The number of nitrogens with zero attached hydrogens (tertiary/aromatic N) is 1. The van der Waals surface area contributed by atoms with Gasteiger partial charge in [0, 0.05) is 25.2 Å². The molecule has 1 aliphatic rings. The van der Waals surface area contributed by atoms with E-state index in [9.17, 15) is 4.79 Å². The van der Waals surface area contributed by atoms with E-state index in [2.05, 4.69) is 5.32 Å². The van der Waals surface area contributed by atoms with Gasteiger partial charge < -0.3 is 29.2 Å². The number of carbonyl (C=O) groups is 1. The maximum Gasteiger partial charge on any atom is 0.322 e. The highest BCUT2D eigenvalue weighted by Gasteiger charge is 2.20. The molecule has 2 amide bonds. The van der Waals surface area contributed by atoms with Crippen molar-refractivity contribution in [2.24, 2.45) is 0 Å². The summed E-state index contributed by atoms with van der Waals surface area (Å²) in [6, 6.07) is 3.36. The molecule has 0 radical (unpaired) electrons. The van der Waals surface area contributed by atoms with Gasteiger partial charge in [0.05, 0.1) is 38.7 Å². The van der Waals surface area contributed by atoms with Gasteiger partial charge in [-0.1, -0.05) is 0 Å². The molecule has 134 valence electrons. The fraction of sp³-hybridized carbons (Fsp3) is 0.588. The second kappa shape index (κ2) is 9.22. The number of nitrogens with one attached hydrogen (secondary N) is 1. The predicted octanol–water partition coefficient (Wildman–Crippen LogP) is 2.75. The molecule has 1 aliphatic heterocycles. The highest BCUT2D eigenvalue weighted by molar-refractivity contribution is 5.90. The first kappa shape index (κ1) is 18.2. The Hall–Kier alpha value is -2.15. The van der Waals surface area contributed by atoms with Crippen molar-refractivity contribution in [2.45, 2.75) is 20.8 Å². The number of rotatable bonds is 7. The number of carbonyl (C=O) groups excluding carboxylic acids is 1. The van der Waals surface area contributed by atoms with E-state index in [0.717, 1.165) is 0 Å². The van der Waals surface area contributed by atoms with E-state index in [1.54, 1.807) is 17.0 Å². The molecule has 1 aromatic rings. The van der Waals surface area contributed by atoms with Crippen molar-refractivity contribution in [2.75, 3.05) is 51.4 Å². The molecule has 0 aliphatic carbocycles. The van der Waals surface area contributed by atoms with Gasteiger partial charge in [0.15, 0.2) is 11.5 Å². The summed E-state index contributed by atoms with van der Waals surface area (Å²) in [7, 11) is 0. The topological polar surface area (TPSA) is 69.3 Å². The van der Waals surface area contributed by atoms with Crippen LogP contribution in [0.1, 0.15) is 20.8 Å². The van der Waals surface area contributed by atoms with Gasteiger partial charge in [0.1, 0.15) is 0 Å². The van der Waals surface area contributed by atoms with Gasteiger partial charge in [-0.2, -0.15) is 0 Å². The van der Waals surface area contributed by atoms with E-state index in [4.69, 9.17) is 18.9 Å². The Labute approximate surface area is 142 Å². The van der Waals surface area contributed by atoms with Gasteiger partial charge in [0.25, 0.3) is 0 Å². The molecule has 1 fully saturated rings. The number of urea groups is 1. The molecule has 0 unspecified atom stereocenters. The maximum atomic E-state index is 12.4. The molecule has 0 atom stereocenters. The Morgan fingerprint density at radius 1 is 1.04 bits per heavy atom. The van der Waals surface area contributed by atoms with Crippen molar-refractivity contribution in [3.05, 3.63) is 12.1 Å². The third-order valence-corrected chi connectivity index (χ3v) is 3.46. The second-order valence-corrected chi connectivity index (χ2v) is 5.13. The van der Waals surface area contributed by atoms with Crippen LogP contribution in [-0.4, -0.2) is 57.1 Å². The molecule has 24 heavy (non-hydrogen) atoms. The minimum absolute atomic E-state index is 0.160. The monoisotopic (exact) mass is 338 g/mol. The highest BCUT2D eigenvalue weighted by atomic mass is 16.5. The van der Waals surface area contributed by atoms with Crippen molar-refractivity contribution in [3.8, 4) is 17.2 Å². The number of benzene rings is 1. The van der Waals surface area contributed by atoms with E-state index in [-0.39, 0.29) is 6.03 Å². The lowest BCUT2D eigenvalue weighted by Crippen LogP contribution is -2.43. The summed E-state index contributed by atoms with van der Waals surface area (Å²) in [5.74, 6) is 1.68. The predicted molar refractivity (Wildman–Crippen MR) is 91.4 cm³/mol. The molecule has 0 spiro atoms. The number of hydrogen-bond donors (Lipinski definition) is 1. The van der Waals surface area contributed by atoms with Gasteiger partial charge in [-0.25, -0.2) is 4.79 Å². The summed E-state index contributed by atoms with van der Waals surface area (Å²) in [5, 5.41) is 2.89. The summed E-state index contributed by atoms with van der Waals surface area (Å²) in [6.45, 7) is 9.47. The van der Waals surface area contributed by atoms with E-state index in [1.165, 1.54) is 0 Å². The molecule has 2 rings (SSSR count). The third kappa shape index (κ3) is 4.67. The minimum atomic E-state index is -0.160. The van der Waals surface area contributed by atoms with Crippen LogP contribution >= 0.6 is 0 Å². The van der Waals surface area contributed by atoms with E-state index >= 15 is 0 Å². The van der Waals surface area contributed by atoms with Crippen LogP contribution in [0.3, 0.4) is 0 Å². The van der Waals surface area contributed by atoms with Gasteiger partial charge in [-0.15, -0.1) is 0 Å². The van der Waals surface area contributed by atoms with Gasteiger partial charge in [-0.05, 0) is 20.8 Å². The smallest absolute Gasteiger partial charge is 0.322 e. The first-order valence-corrected chi connectivity index (χ1v) is 8.39. The standard InChI is InChI=1S/C17H26N2O5/c1-4-22-14-11-13(12-15(23-5-2)16(14)24-6-3)18-17(20)19-7-9-21-10-8-19/h11-12H,4-10H2,1-3H3,(H,18,20). The molecule has 1 saturated heterocycles. The largest absolute Gasteiger partial charge is 0.490 e. The normalized spacial score (nSPS) is 14.2. The molecule has 7 nitrogen and oxygen atoms in total. The van der Waals surface area contributed by atoms with Crippen LogP contribution in [0.5, 0.6) is 17.2 Å². The average molecular weight is 338 g/mol. The van der Waals surface area contributed by atoms with Crippen LogP contribution in [-0.2, 0) is 4.74 Å². The quantitative estimate of drug-likeness (QED) is 0.828. The Morgan fingerprint density at radius 2 is 1.58 bits per heavy atom. The molecule has 1 heterocycles. The van der Waals surface area contributed by atoms with Crippen LogP contribution in [0, 0.1) is 0 Å². The minimum Gasteiger partial charge on any atom is -0.490 e. The number of morpholine rings is 1. The molecule has 7 heteroatoms. The Kier molecular flexibility index (Phi) is 6.99. The van der Waals surface area contributed by atoms with E-state index < -0.39 is 0 Å². The van der Waals surface area contributed by atoms with Crippen molar-refractivity contribution < 1.29 is 23.7 Å². The van der Waals surface area contributed by atoms with Crippen molar-refractivity contribution in [1.29, 1.82) is 0 Å². The molecule has 0 saturated carbocycles. The third-order valence-electron chi connectivity index (χ3n) is 3.46. The Bertz CT molecular complexity index is 517. The zero-order valence-electron chi connectivity index (χ0n) is 14.6. The fourth-order valence-electron chi connectivity index (χ4n) is 2.43. The van der Waals surface area contributed by atoms with Gasteiger partial charge in [-0.3, -0.25) is 0 Å². The number of anilines is 1. The number of ether oxygens (including phenoxy) is 4. The second-order valence-electron chi connectivity index (χ2n) is 5.13. The molecule has 1 aromatic carbocycles. The SMILES string of the molecule is CCOc1cc(NC(=O)N2CCOCC2)cc(OCC)c1OCC. The highest BCUT2D eigenvalue weighted by Crippen LogP contribution is 2.40. The Morgan fingerprint density at radius 3 is 2.08 bits per heavy atom. The van der Waals surface area contributed by atoms with E-state index in [1.807, 2.05) is 20.8 Å². The van der Waals surface area contributed by atoms with Crippen molar-refractivity contribution >= 4 is 11.7 Å². The molecule has 1 N–H and O–H groups in total. The fourth-order valence-corrected chi connectivity index (χ4v) is 2.43. The van der Waals surface area contributed by atoms with E-state index in [0.29, 0.717) is 69.1 Å². The van der Waals surface area contributed by atoms with Crippen molar-refractivity contribution in [1.82, 2.24) is 4.90 Å². The average Bonchev–Trinajstić information content (AvgIpc) is 2.59. The van der Waals surface area contributed by atoms with Crippen LogP contribution in [0.25, 0.3) is 0 Å². The number of amides is 2. The van der Waals surface area contributed by atoms with Gasteiger partial charge >= 0.3 is 6.03 Å². The summed E-state index contributed by atoms with van der Waals surface area (Å²) < 4.78 is 22.2. The van der Waals surface area contributed by atoms with Crippen LogP contribution in [0.2, 0.25) is 0 Å². The summed E-state index contributed by atoms with van der Waals surface area (Å²) in [5.41, 5.74) is 0.613. The van der Waals surface area contributed by atoms with Gasteiger partial charge in [0.2, 0.25) is 5.75 Å².